The summed E-state index contributed by atoms with van der Waals surface area (Å²) < 4.78 is 21.5. The van der Waals surface area contributed by atoms with Gasteiger partial charge >= 0.3 is 0 Å². The van der Waals surface area contributed by atoms with Gasteiger partial charge in [-0.3, -0.25) is 5.10 Å². The number of aromatic nitrogens is 2. The van der Waals surface area contributed by atoms with Gasteiger partial charge in [0.25, 0.3) is 0 Å². The molecule has 0 aromatic carbocycles. The lowest BCUT2D eigenvalue weighted by Crippen LogP contribution is -1.94. The van der Waals surface area contributed by atoms with Crippen LogP contribution in [0.15, 0.2) is 6.07 Å². The van der Waals surface area contributed by atoms with E-state index in [2.05, 4.69) is 24.0 Å². The monoisotopic (exact) mass is 236 g/mol. The van der Waals surface area contributed by atoms with Crippen molar-refractivity contribution in [2.24, 2.45) is 5.92 Å². The van der Waals surface area contributed by atoms with Gasteiger partial charge in [0.1, 0.15) is 5.75 Å². The van der Waals surface area contributed by atoms with Crippen molar-refractivity contribution in [3.05, 3.63) is 17.5 Å². The Labute approximate surface area is 88.1 Å². The van der Waals surface area contributed by atoms with Crippen molar-refractivity contribution >= 4 is 19.7 Å². The van der Waals surface area contributed by atoms with Crippen LogP contribution in [0, 0.1) is 5.92 Å². The van der Waals surface area contributed by atoms with Gasteiger partial charge in [0.2, 0.25) is 9.05 Å². The van der Waals surface area contributed by atoms with Gasteiger partial charge in [0, 0.05) is 10.7 Å². The fraction of sp³-hybridized carbons (Fsp3) is 0.625. The fourth-order valence-corrected chi connectivity index (χ4v) is 2.06. The second kappa shape index (κ2) is 4.31. The molecule has 0 saturated heterocycles. The maximum atomic E-state index is 10.7. The van der Waals surface area contributed by atoms with Crippen LogP contribution in [0.25, 0.3) is 0 Å². The van der Waals surface area contributed by atoms with Crippen LogP contribution in [0.5, 0.6) is 0 Å². The minimum absolute atomic E-state index is 0.195. The smallest absolute Gasteiger partial charge is 0.238 e. The highest BCUT2D eigenvalue weighted by Crippen LogP contribution is 2.11. The molecule has 14 heavy (non-hydrogen) atoms. The molecule has 1 N–H and O–H groups in total. The quantitative estimate of drug-likeness (QED) is 0.809. The van der Waals surface area contributed by atoms with E-state index in [9.17, 15) is 8.42 Å². The van der Waals surface area contributed by atoms with Gasteiger partial charge < -0.3 is 0 Å². The lowest BCUT2D eigenvalue weighted by molar-refractivity contribution is 0.608. The van der Waals surface area contributed by atoms with Crippen LogP contribution in [0.2, 0.25) is 0 Å². The van der Waals surface area contributed by atoms with Gasteiger partial charge in [-0.05, 0) is 18.4 Å². The second-order valence-electron chi connectivity index (χ2n) is 3.67. The number of nitrogens with zero attached hydrogens (tertiary/aromatic N) is 1. The third-order valence-electron chi connectivity index (χ3n) is 1.63. The molecule has 1 aromatic rings. The molecule has 0 aliphatic rings. The first-order valence-corrected chi connectivity index (χ1v) is 6.80. The van der Waals surface area contributed by atoms with E-state index in [1.54, 1.807) is 6.07 Å². The van der Waals surface area contributed by atoms with Crippen molar-refractivity contribution in [1.29, 1.82) is 0 Å². The topological polar surface area (TPSA) is 62.8 Å². The van der Waals surface area contributed by atoms with Gasteiger partial charge in [0.05, 0.1) is 11.4 Å². The highest BCUT2D eigenvalue weighted by Gasteiger charge is 2.10. The summed E-state index contributed by atoms with van der Waals surface area (Å²) >= 11 is 0. The molecule has 1 heterocycles. The summed E-state index contributed by atoms with van der Waals surface area (Å²) in [5.74, 6) is 0.304. The minimum atomic E-state index is -3.49. The second-order valence-corrected chi connectivity index (χ2v) is 6.44. The van der Waals surface area contributed by atoms with Crippen molar-refractivity contribution in [1.82, 2.24) is 10.2 Å². The van der Waals surface area contributed by atoms with E-state index >= 15 is 0 Å². The summed E-state index contributed by atoms with van der Waals surface area (Å²) in [6.07, 6.45) is 0.832. The van der Waals surface area contributed by atoms with E-state index < -0.39 is 9.05 Å². The number of nitrogens with one attached hydrogen (secondary N) is 1. The van der Waals surface area contributed by atoms with Crippen LogP contribution >= 0.6 is 10.7 Å². The molecule has 0 bridgehead atoms. The minimum Gasteiger partial charge on any atom is -0.281 e. The highest BCUT2D eigenvalue weighted by atomic mass is 35.7. The zero-order valence-electron chi connectivity index (χ0n) is 8.12. The van der Waals surface area contributed by atoms with Gasteiger partial charge in [-0.15, -0.1) is 0 Å². The Morgan fingerprint density at radius 3 is 2.71 bits per heavy atom. The molecule has 0 saturated carbocycles. The fourth-order valence-electron chi connectivity index (χ4n) is 1.19. The molecule has 1 aromatic heterocycles. The summed E-state index contributed by atoms with van der Waals surface area (Å²) in [4.78, 5) is 0. The predicted octanol–water partition coefficient (Wildman–Crippen LogP) is 1.68. The van der Waals surface area contributed by atoms with Crippen LogP contribution in [-0.2, 0) is 21.2 Å². The number of rotatable bonds is 4. The lowest BCUT2D eigenvalue weighted by atomic mass is 10.1. The SMILES string of the molecule is CC(C)Cc1cc(CS(=O)(=O)Cl)[nH]n1. The first-order chi connectivity index (χ1) is 6.37. The van der Waals surface area contributed by atoms with E-state index in [0.29, 0.717) is 11.6 Å². The summed E-state index contributed by atoms with van der Waals surface area (Å²) in [5.41, 5.74) is 1.41. The van der Waals surface area contributed by atoms with Crippen LogP contribution in [0.3, 0.4) is 0 Å². The third kappa shape index (κ3) is 4.11. The van der Waals surface area contributed by atoms with Crippen LogP contribution in [0.4, 0.5) is 0 Å². The molecule has 4 nitrogen and oxygen atoms in total. The van der Waals surface area contributed by atoms with E-state index in [4.69, 9.17) is 10.7 Å². The largest absolute Gasteiger partial charge is 0.281 e. The molecule has 1 rings (SSSR count). The molecule has 0 radical (unpaired) electrons. The van der Waals surface area contributed by atoms with Gasteiger partial charge in [0.15, 0.2) is 0 Å². The first kappa shape index (κ1) is 11.5. The Bertz CT molecular complexity index is 397. The molecule has 0 atom stereocenters. The molecule has 80 valence electrons. The molecule has 0 fully saturated rings. The Balaban J connectivity index is 2.69. The number of hydrogen-bond acceptors (Lipinski definition) is 3. The first-order valence-electron chi connectivity index (χ1n) is 4.32. The van der Waals surface area contributed by atoms with E-state index in [1.807, 2.05) is 0 Å². The van der Waals surface area contributed by atoms with Crippen molar-refractivity contribution < 1.29 is 8.42 Å². The molecule has 0 aliphatic heterocycles. The Morgan fingerprint density at radius 1 is 1.57 bits per heavy atom. The highest BCUT2D eigenvalue weighted by molar-refractivity contribution is 8.13. The van der Waals surface area contributed by atoms with E-state index in [0.717, 1.165) is 12.1 Å². The van der Waals surface area contributed by atoms with Gasteiger partial charge in [-0.1, -0.05) is 13.8 Å². The normalized spacial score (nSPS) is 12.3. The van der Waals surface area contributed by atoms with E-state index in [1.165, 1.54) is 0 Å². The van der Waals surface area contributed by atoms with Crippen LogP contribution < -0.4 is 0 Å². The maximum absolute atomic E-state index is 10.7. The van der Waals surface area contributed by atoms with Crippen molar-refractivity contribution in [2.75, 3.05) is 0 Å². The summed E-state index contributed by atoms with van der Waals surface area (Å²) in [5, 5.41) is 6.65. The Hall–Kier alpha value is -0.550. The van der Waals surface area contributed by atoms with E-state index in [-0.39, 0.29) is 5.75 Å². The lowest BCUT2D eigenvalue weighted by Gasteiger charge is -1.97. The molecular weight excluding hydrogens is 224 g/mol. The molecule has 0 aliphatic carbocycles. The zero-order chi connectivity index (χ0) is 10.8. The standard InChI is InChI=1S/C8H13ClN2O2S/c1-6(2)3-7-4-8(11-10-7)5-14(9,12)13/h4,6H,3,5H2,1-2H3,(H,10,11). The summed E-state index contributed by atoms with van der Waals surface area (Å²) in [7, 11) is 1.62. The zero-order valence-corrected chi connectivity index (χ0v) is 9.69. The van der Waals surface area contributed by atoms with Crippen molar-refractivity contribution in [2.45, 2.75) is 26.0 Å². The number of halogens is 1. The molecule has 0 spiro atoms. The molecular formula is C8H13ClN2O2S. The number of hydrogen-bond donors (Lipinski definition) is 1. The molecule has 0 unspecified atom stereocenters. The molecule has 6 heteroatoms. The predicted molar refractivity (Wildman–Crippen MR) is 55.6 cm³/mol. The van der Waals surface area contributed by atoms with Gasteiger partial charge in [-0.25, -0.2) is 8.42 Å². The summed E-state index contributed by atoms with van der Waals surface area (Å²) in [6, 6.07) is 1.74. The Kier molecular flexibility index (Phi) is 3.55. The van der Waals surface area contributed by atoms with Crippen molar-refractivity contribution in [3.63, 3.8) is 0 Å². The van der Waals surface area contributed by atoms with Gasteiger partial charge in [-0.2, -0.15) is 5.10 Å². The van der Waals surface area contributed by atoms with Crippen LogP contribution in [-0.4, -0.2) is 18.6 Å². The number of aromatic amines is 1. The summed E-state index contributed by atoms with van der Waals surface area (Å²) in [6.45, 7) is 4.15. The third-order valence-corrected chi connectivity index (χ3v) is 2.61. The average molecular weight is 237 g/mol. The number of H-pyrrole nitrogens is 1. The maximum Gasteiger partial charge on any atom is 0.238 e. The Morgan fingerprint density at radius 2 is 2.21 bits per heavy atom. The molecule has 0 amide bonds. The van der Waals surface area contributed by atoms with Crippen molar-refractivity contribution in [3.8, 4) is 0 Å². The average Bonchev–Trinajstić information content (AvgIpc) is 2.30. The van der Waals surface area contributed by atoms with Crippen LogP contribution in [0.1, 0.15) is 25.2 Å².